The first-order chi connectivity index (χ1) is 8.89. The Bertz CT molecular complexity index is 612. The van der Waals surface area contributed by atoms with Crippen molar-refractivity contribution in [2.75, 3.05) is 5.32 Å². The Hall–Kier alpha value is -2.42. The van der Waals surface area contributed by atoms with Gasteiger partial charge < -0.3 is 5.32 Å². The van der Waals surface area contributed by atoms with Crippen molar-refractivity contribution in [2.45, 2.75) is 26.7 Å². The first-order valence-corrected chi connectivity index (χ1v) is 5.88. The van der Waals surface area contributed by atoms with Gasteiger partial charge in [-0.15, -0.1) is 0 Å². The van der Waals surface area contributed by atoms with Gasteiger partial charge in [-0.25, -0.2) is 0 Å². The molecule has 6 heteroatoms. The van der Waals surface area contributed by atoms with Crippen LogP contribution in [0.3, 0.4) is 0 Å². The molecule has 2 rings (SSSR count). The lowest BCUT2D eigenvalue weighted by Crippen LogP contribution is -2.23. The summed E-state index contributed by atoms with van der Waals surface area (Å²) in [4.78, 5) is 22.3. The van der Waals surface area contributed by atoms with Crippen LogP contribution >= 0.6 is 0 Å². The number of carbonyl (C=O) groups excluding carboxylic acids is 1. The second-order valence-electron chi connectivity index (χ2n) is 4.86. The topological polar surface area (TPSA) is 96.0 Å². The van der Waals surface area contributed by atoms with Crippen molar-refractivity contribution in [3.63, 3.8) is 0 Å². The number of anilines is 1. The SMILES string of the molecule is Cc1cc([N+](=O)[O-])c(C)cc1NC(=O)C1(C#N)CC1. The van der Waals surface area contributed by atoms with Crippen LogP contribution in [0, 0.1) is 40.7 Å². The van der Waals surface area contributed by atoms with Gasteiger partial charge >= 0.3 is 0 Å². The van der Waals surface area contributed by atoms with E-state index in [-0.39, 0.29) is 11.6 Å². The lowest BCUT2D eigenvalue weighted by molar-refractivity contribution is -0.385. The second kappa shape index (κ2) is 4.35. The Morgan fingerprint density at radius 3 is 2.53 bits per heavy atom. The largest absolute Gasteiger partial charge is 0.324 e. The zero-order valence-electron chi connectivity index (χ0n) is 10.7. The van der Waals surface area contributed by atoms with E-state index in [1.807, 2.05) is 6.07 Å². The molecule has 0 radical (unpaired) electrons. The normalized spacial score (nSPS) is 15.4. The molecule has 6 nitrogen and oxygen atoms in total. The summed E-state index contributed by atoms with van der Waals surface area (Å²) in [5.74, 6) is -0.327. The maximum atomic E-state index is 11.9. The standard InChI is InChI=1S/C13H13N3O3/c1-8-6-11(16(18)19)9(2)5-10(8)15-12(17)13(7-14)3-4-13/h5-6H,3-4H2,1-2H3,(H,15,17). The third-order valence-electron chi connectivity index (χ3n) is 3.39. The molecule has 1 aliphatic carbocycles. The predicted molar refractivity (Wildman–Crippen MR) is 68.5 cm³/mol. The van der Waals surface area contributed by atoms with Crippen LogP contribution in [0.25, 0.3) is 0 Å². The van der Waals surface area contributed by atoms with Crippen molar-refractivity contribution in [3.8, 4) is 6.07 Å². The van der Waals surface area contributed by atoms with Gasteiger partial charge in [0.1, 0.15) is 5.41 Å². The molecule has 0 saturated heterocycles. The lowest BCUT2D eigenvalue weighted by atomic mass is 10.1. The van der Waals surface area contributed by atoms with Gasteiger partial charge in [-0.3, -0.25) is 14.9 Å². The summed E-state index contributed by atoms with van der Waals surface area (Å²) in [6, 6.07) is 5.01. The molecule has 1 aromatic carbocycles. The van der Waals surface area contributed by atoms with E-state index in [0.29, 0.717) is 29.7 Å². The number of nitro groups is 1. The Kier molecular flexibility index (Phi) is 2.98. The molecule has 1 saturated carbocycles. The summed E-state index contributed by atoms with van der Waals surface area (Å²) in [5.41, 5.74) is 0.737. The molecule has 19 heavy (non-hydrogen) atoms. The number of aryl methyl sites for hydroxylation is 2. The van der Waals surface area contributed by atoms with E-state index in [1.54, 1.807) is 19.9 Å². The van der Waals surface area contributed by atoms with Gasteiger partial charge in [-0.2, -0.15) is 5.26 Å². The summed E-state index contributed by atoms with van der Waals surface area (Å²) >= 11 is 0. The third-order valence-corrected chi connectivity index (χ3v) is 3.39. The Balaban J connectivity index is 2.28. The molecule has 0 bridgehead atoms. The van der Waals surface area contributed by atoms with Crippen molar-refractivity contribution >= 4 is 17.3 Å². The maximum absolute atomic E-state index is 11.9. The van der Waals surface area contributed by atoms with Gasteiger partial charge in [0.15, 0.2) is 0 Å². The summed E-state index contributed by atoms with van der Waals surface area (Å²) in [6.07, 6.45) is 1.14. The van der Waals surface area contributed by atoms with Crippen molar-refractivity contribution in [1.82, 2.24) is 0 Å². The van der Waals surface area contributed by atoms with E-state index in [9.17, 15) is 14.9 Å². The average molecular weight is 259 g/mol. The monoisotopic (exact) mass is 259 g/mol. The van der Waals surface area contributed by atoms with Gasteiger partial charge in [-0.1, -0.05) is 0 Å². The molecule has 1 N–H and O–H groups in total. The fourth-order valence-electron chi connectivity index (χ4n) is 1.89. The van der Waals surface area contributed by atoms with Crippen LogP contribution in [-0.4, -0.2) is 10.8 Å². The second-order valence-corrected chi connectivity index (χ2v) is 4.86. The van der Waals surface area contributed by atoms with Crippen LogP contribution in [0.15, 0.2) is 12.1 Å². The molecule has 0 heterocycles. The number of hydrogen-bond donors (Lipinski definition) is 1. The summed E-state index contributed by atoms with van der Waals surface area (Å²) < 4.78 is 0. The zero-order chi connectivity index (χ0) is 14.2. The van der Waals surface area contributed by atoms with E-state index < -0.39 is 10.3 Å². The van der Waals surface area contributed by atoms with Crippen LogP contribution in [-0.2, 0) is 4.79 Å². The minimum atomic E-state index is -0.901. The Labute approximate surface area is 110 Å². The molecule has 0 aliphatic heterocycles. The molecule has 0 aromatic heterocycles. The average Bonchev–Trinajstić information content (AvgIpc) is 3.13. The zero-order valence-corrected chi connectivity index (χ0v) is 10.7. The van der Waals surface area contributed by atoms with Gasteiger partial charge in [-0.05, 0) is 38.3 Å². The number of nitrogens with zero attached hydrogens (tertiary/aromatic N) is 2. The highest BCUT2D eigenvalue weighted by Gasteiger charge is 2.50. The molecular formula is C13H13N3O3. The van der Waals surface area contributed by atoms with Crippen molar-refractivity contribution in [2.24, 2.45) is 5.41 Å². The number of rotatable bonds is 3. The quantitative estimate of drug-likeness (QED) is 0.666. The number of nitrogens with one attached hydrogen (secondary N) is 1. The summed E-state index contributed by atoms with van der Waals surface area (Å²) in [6.45, 7) is 3.30. The Morgan fingerprint density at radius 1 is 1.42 bits per heavy atom. The number of hydrogen-bond acceptors (Lipinski definition) is 4. The Morgan fingerprint density at radius 2 is 2.05 bits per heavy atom. The van der Waals surface area contributed by atoms with E-state index in [1.165, 1.54) is 6.07 Å². The maximum Gasteiger partial charge on any atom is 0.272 e. The third kappa shape index (κ3) is 2.27. The van der Waals surface area contributed by atoms with Gasteiger partial charge in [0.2, 0.25) is 5.91 Å². The molecule has 1 aliphatic rings. The first-order valence-electron chi connectivity index (χ1n) is 5.88. The van der Waals surface area contributed by atoms with Gasteiger partial charge in [0, 0.05) is 17.3 Å². The van der Waals surface area contributed by atoms with E-state index in [0.717, 1.165) is 0 Å². The van der Waals surface area contributed by atoms with Crippen LogP contribution in [0.5, 0.6) is 0 Å². The number of carbonyl (C=O) groups is 1. The first kappa shape index (κ1) is 13.0. The molecule has 0 spiro atoms. The fraction of sp³-hybridized carbons (Fsp3) is 0.385. The fourth-order valence-corrected chi connectivity index (χ4v) is 1.89. The summed E-state index contributed by atoms with van der Waals surface area (Å²) in [5, 5.41) is 22.4. The highest BCUT2D eigenvalue weighted by Crippen LogP contribution is 2.46. The smallest absolute Gasteiger partial charge is 0.272 e. The molecular weight excluding hydrogens is 246 g/mol. The molecule has 98 valence electrons. The van der Waals surface area contributed by atoms with Crippen molar-refractivity contribution in [3.05, 3.63) is 33.4 Å². The molecule has 0 atom stereocenters. The summed E-state index contributed by atoms with van der Waals surface area (Å²) in [7, 11) is 0. The number of benzene rings is 1. The number of amides is 1. The predicted octanol–water partition coefficient (Wildman–Crippen LogP) is 2.45. The van der Waals surface area contributed by atoms with Crippen molar-refractivity contribution < 1.29 is 9.72 Å². The van der Waals surface area contributed by atoms with Crippen LogP contribution in [0.4, 0.5) is 11.4 Å². The van der Waals surface area contributed by atoms with E-state index in [2.05, 4.69) is 5.32 Å². The van der Waals surface area contributed by atoms with Crippen LogP contribution in [0.2, 0.25) is 0 Å². The minimum absolute atomic E-state index is 0.0249. The molecule has 1 aromatic rings. The molecule has 1 fully saturated rings. The van der Waals surface area contributed by atoms with Gasteiger partial charge in [0.25, 0.3) is 5.69 Å². The highest BCUT2D eigenvalue weighted by atomic mass is 16.6. The number of nitro benzene ring substituents is 1. The van der Waals surface area contributed by atoms with E-state index >= 15 is 0 Å². The van der Waals surface area contributed by atoms with Crippen LogP contribution < -0.4 is 5.32 Å². The molecule has 0 unspecified atom stereocenters. The highest BCUT2D eigenvalue weighted by molar-refractivity contribution is 5.99. The minimum Gasteiger partial charge on any atom is -0.324 e. The van der Waals surface area contributed by atoms with Gasteiger partial charge in [0.05, 0.1) is 11.0 Å². The lowest BCUT2D eigenvalue weighted by Gasteiger charge is -2.11. The van der Waals surface area contributed by atoms with Crippen molar-refractivity contribution in [1.29, 1.82) is 5.26 Å². The van der Waals surface area contributed by atoms with E-state index in [4.69, 9.17) is 5.26 Å². The number of nitriles is 1. The molecule has 1 amide bonds. The van der Waals surface area contributed by atoms with Crippen LogP contribution in [0.1, 0.15) is 24.0 Å².